The van der Waals surface area contributed by atoms with Gasteiger partial charge in [-0.2, -0.15) is 0 Å². The van der Waals surface area contributed by atoms with Crippen molar-refractivity contribution < 1.29 is 14.7 Å². The van der Waals surface area contributed by atoms with Gasteiger partial charge in [-0.3, -0.25) is 0 Å². The van der Waals surface area contributed by atoms with E-state index in [1.807, 2.05) is 4.90 Å². The van der Waals surface area contributed by atoms with Crippen molar-refractivity contribution in [3.63, 3.8) is 0 Å². The third-order valence-corrected chi connectivity index (χ3v) is 4.69. The van der Waals surface area contributed by atoms with E-state index < -0.39 is 5.97 Å². The van der Waals surface area contributed by atoms with Crippen molar-refractivity contribution in [1.29, 1.82) is 0 Å². The second-order valence-corrected chi connectivity index (χ2v) is 6.00. The Morgan fingerprint density at radius 1 is 1.19 bits per heavy atom. The molecule has 2 amide bonds. The Labute approximate surface area is 123 Å². The molecule has 1 heterocycles. The molecule has 1 aromatic rings. The maximum Gasteiger partial charge on any atom is 0.335 e. The maximum absolute atomic E-state index is 12.2. The number of carbonyl (C=O) groups excluding carboxylic acids is 1. The second-order valence-electron chi connectivity index (χ2n) is 6.00. The fourth-order valence-corrected chi connectivity index (χ4v) is 3.20. The fourth-order valence-electron chi connectivity index (χ4n) is 3.20. The van der Waals surface area contributed by atoms with Crippen LogP contribution in [0, 0.1) is 11.8 Å². The largest absolute Gasteiger partial charge is 0.478 e. The van der Waals surface area contributed by atoms with Crippen LogP contribution in [0.3, 0.4) is 0 Å². The molecule has 2 fully saturated rings. The summed E-state index contributed by atoms with van der Waals surface area (Å²) >= 11 is 0. The predicted octanol–water partition coefficient (Wildman–Crippen LogP) is 3.04. The predicted molar refractivity (Wildman–Crippen MR) is 79.4 cm³/mol. The van der Waals surface area contributed by atoms with Crippen molar-refractivity contribution in [3.05, 3.63) is 29.8 Å². The van der Waals surface area contributed by atoms with E-state index in [9.17, 15) is 9.59 Å². The van der Waals surface area contributed by atoms with Crippen LogP contribution in [0.4, 0.5) is 10.5 Å². The van der Waals surface area contributed by atoms with E-state index in [-0.39, 0.29) is 11.6 Å². The number of carboxylic acids is 1. The van der Waals surface area contributed by atoms with Crippen LogP contribution in [-0.4, -0.2) is 35.1 Å². The average Bonchev–Trinajstić information content (AvgIpc) is 2.86. The number of hydrogen-bond donors (Lipinski definition) is 2. The molecular weight excluding hydrogens is 268 g/mol. The quantitative estimate of drug-likeness (QED) is 0.898. The van der Waals surface area contributed by atoms with E-state index >= 15 is 0 Å². The topological polar surface area (TPSA) is 69.6 Å². The van der Waals surface area contributed by atoms with Crippen LogP contribution in [0.15, 0.2) is 24.3 Å². The first-order chi connectivity index (χ1) is 10.1. The molecule has 0 aromatic heterocycles. The van der Waals surface area contributed by atoms with E-state index in [2.05, 4.69) is 5.32 Å². The van der Waals surface area contributed by atoms with E-state index in [1.165, 1.54) is 31.4 Å². The first-order valence-corrected chi connectivity index (χ1v) is 7.53. The van der Waals surface area contributed by atoms with Crippen LogP contribution in [0.5, 0.6) is 0 Å². The molecule has 2 N–H and O–H groups in total. The van der Waals surface area contributed by atoms with Crippen molar-refractivity contribution in [2.75, 3.05) is 18.4 Å². The summed E-state index contributed by atoms with van der Waals surface area (Å²) in [5.74, 6) is 0.463. The molecule has 112 valence electrons. The highest BCUT2D eigenvalue weighted by Gasteiger charge is 2.34. The van der Waals surface area contributed by atoms with Crippen molar-refractivity contribution in [3.8, 4) is 0 Å². The van der Waals surface area contributed by atoms with Crippen LogP contribution in [0.1, 0.15) is 36.0 Å². The molecule has 1 aromatic carbocycles. The minimum absolute atomic E-state index is 0.126. The number of hydrogen-bond acceptors (Lipinski definition) is 2. The van der Waals surface area contributed by atoms with Crippen molar-refractivity contribution in [2.45, 2.75) is 25.7 Å². The lowest BCUT2D eigenvalue weighted by Crippen LogP contribution is -2.34. The summed E-state index contributed by atoms with van der Waals surface area (Å²) in [5, 5.41) is 11.8. The van der Waals surface area contributed by atoms with E-state index in [1.54, 1.807) is 12.1 Å². The molecule has 2 aliphatic rings. The number of benzene rings is 1. The molecule has 1 aliphatic heterocycles. The first kappa shape index (κ1) is 13.9. The van der Waals surface area contributed by atoms with Gasteiger partial charge in [0.1, 0.15) is 0 Å². The number of likely N-dealkylation sites (tertiary alicyclic amines) is 1. The molecule has 1 saturated carbocycles. The van der Waals surface area contributed by atoms with Crippen LogP contribution in [0.25, 0.3) is 0 Å². The van der Waals surface area contributed by atoms with Crippen LogP contribution < -0.4 is 5.32 Å². The van der Waals surface area contributed by atoms with Gasteiger partial charge < -0.3 is 15.3 Å². The van der Waals surface area contributed by atoms with Gasteiger partial charge in [-0.25, -0.2) is 9.59 Å². The lowest BCUT2D eigenvalue weighted by Gasteiger charge is -2.31. The Bertz CT molecular complexity index is 554. The van der Waals surface area contributed by atoms with Gasteiger partial charge in [0.25, 0.3) is 0 Å². The van der Waals surface area contributed by atoms with Gasteiger partial charge in [0.05, 0.1) is 5.56 Å². The summed E-state index contributed by atoms with van der Waals surface area (Å²) in [6.45, 7) is 1.63. The standard InChI is InChI=1S/C16H20N2O3/c19-15(20)12-5-2-6-14(9-12)17-16(21)18-8-7-13(10-18)11-3-1-4-11/h2,5-6,9,11,13H,1,3-4,7-8,10H2,(H,17,21)(H,19,20). The van der Waals surface area contributed by atoms with Gasteiger partial charge >= 0.3 is 12.0 Å². The van der Waals surface area contributed by atoms with E-state index in [4.69, 9.17) is 5.11 Å². The zero-order chi connectivity index (χ0) is 14.8. The molecule has 1 unspecified atom stereocenters. The maximum atomic E-state index is 12.2. The molecule has 5 heteroatoms. The molecule has 1 atom stereocenters. The van der Waals surface area contributed by atoms with Crippen LogP contribution >= 0.6 is 0 Å². The van der Waals surface area contributed by atoms with Gasteiger partial charge in [-0.15, -0.1) is 0 Å². The van der Waals surface area contributed by atoms with E-state index in [0.29, 0.717) is 11.6 Å². The minimum Gasteiger partial charge on any atom is -0.478 e. The summed E-state index contributed by atoms with van der Waals surface area (Å²) < 4.78 is 0. The molecule has 3 rings (SSSR count). The fraction of sp³-hybridized carbons (Fsp3) is 0.500. The first-order valence-electron chi connectivity index (χ1n) is 7.53. The molecule has 1 saturated heterocycles. The summed E-state index contributed by atoms with van der Waals surface area (Å²) in [6, 6.07) is 6.23. The Balaban J connectivity index is 1.59. The Morgan fingerprint density at radius 3 is 2.67 bits per heavy atom. The summed E-state index contributed by atoms with van der Waals surface area (Å²) in [5.41, 5.74) is 0.716. The van der Waals surface area contributed by atoms with Gasteiger partial charge in [0.2, 0.25) is 0 Å². The smallest absolute Gasteiger partial charge is 0.335 e. The van der Waals surface area contributed by atoms with Gasteiger partial charge in [0.15, 0.2) is 0 Å². The number of nitrogens with one attached hydrogen (secondary N) is 1. The molecule has 0 radical (unpaired) electrons. The molecule has 0 spiro atoms. The number of anilines is 1. The zero-order valence-corrected chi connectivity index (χ0v) is 11.9. The number of carboxylic acid groups (broad SMARTS) is 1. The number of aromatic carboxylic acids is 1. The highest BCUT2D eigenvalue weighted by Crippen LogP contribution is 2.38. The Kier molecular flexibility index (Phi) is 3.82. The minimum atomic E-state index is -0.989. The third kappa shape index (κ3) is 3.01. The van der Waals surface area contributed by atoms with Crippen LogP contribution in [0.2, 0.25) is 0 Å². The number of rotatable bonds is 3. The van der Waals surface area contributed by atoms with Gasteiger partial charge in [-0.05, 0) is 36.5 Å². The van der Waals surface area contributed by atoms with Gasteiger partial charge in [-0.1, -0.05) is 25.3 Å². The number of amides is 2. The van der Waals surface area contributed by atoms with Gasteiger partial charge in [0, 0.05) is 18.8 Å². The van der Waals surface area contributed by atoms with E-state index in [0.717, 1.165) is 25.4 Å². The summed E-state index contributed by atoms with van der Waals surface area (Å²) in [4.78, 5) is 25.0. The average molecular weight is 288 g/mol. The summed E-state index contributed by atoms with van der Waals surface area (Å²) in [7, 11) is 0. The van der Waals surface area contributed by atoms with Crippen molar-refractivity contribution >= 4 is 17.7 Å². The second kappa shape index (κ2) is 5.76. The lowest BCUT2D eigenvalue weighted by molar-refractivity contribution is 0.0697. The highest BCUT2D eigenvalue weighted by molar-refractivity contribution is 5.93. The Morgan fingerprint density at radius 2 is 2.00 bits per heavy atom. The molecule has 0 bridgehead atoms. The third-order valence-electron chi connectivity index (χ3n) is 4.69. The lowest BCUT2D eigenvalue weighted by atomic mass is 9.75. The molecule has 5 nitrogen and oxygen atoms in total. The van der Waals surface area contributed by atoms with Crippen LogP contribution in [-0.2, 0) is 0 Å². The molecule has 21 heavy (non-hydrogen) atoms. The highest BCUT2D eigenvalue weighted by atomic mass is 16.4. The number of nitrogens with zero attached hydrogens (tertiary/aromatic N) is 1. The number of urea groups is 1. The normalized spacial score (nSPS) is 21.9. The van der Waals surface area contributed by atoms with Crippen molar-refractivity contribution in [2.24, 2.45) is 11.8 Å². The molecule has 1 aliphatic carbocycles. The van der Waals surface area contributed by atoms with Crippen molar-refractivity contribution in [1.82, 2.24) is 4.90 Å². The zero-order valence-electron chi connectivity index (χ0n) is 11.9. The Hall–Kier alpha value is -2.04. The number of carbonyl (C=O) groups is 2. The summed E-state index contributed by atoms with van der Waals surface area (Å²) in [6.07, 6.45) is 5.03. The SMILES string of the molecule is O=C(O)c1cccc(NC(=O)N2CCC(C3CCC3)C2)c1. The monoisotopic (exact) mass is 288 g/mol. The molecular formula is C16H20N2O3.